The molecule has 0 bridgehead atoms. The van der Waals surface area contributed by atoms with Crippen molar-refractivity contribution in [1.82, 2.24) is 9.88 Å². The Kier molecular flexibility index (Phi) is 4.87. The van der Waals surface area contributed by atoms with Gasteiger partial charge in [0.25, 0.3) is 0 Å². The molecule has 0 unspecified atom stereocenters. The van der Waals surface area contributed by atoms with Gasteiger partial charge in [-0.2, -0.15) is 5.26 Å². The molecule has 0 radical (unpaired) electrons. The molecule has 122 valence electrons. The van der Waals surface area contributed by atoms with Crippen molar-refractivity contribution >= 4 is 12.2 Å². The molecule has 0 amide bonds. The summed E-state index contributed by atoms with van der Waals surface area (Å²) in [5.41, 5.74) is 4.07. The average Bonchev–Trinajstić information content (AvgIpc) is 2.67. The maximum atomic E-state index is 9.71. The molecule has 3 aromatic rings. The van der Waals surface area contributed by atoms with Crippen molar-refractivity contribution in [1.29, 1.82) is 5.26 Å². The molecule has 0 spiro atoms. The molecule has 4 heteroatoms. The molecule has 1 aromatic heterocycles. The van der Waals surface area contributed by atoms with Crippen LogP contribution < -0.4 is 0 Å². The van der Waals surface area contributed by atoms with E-state index in [4.69, 9.17) is 0 Å². The summed E-state index contributed by atoms with van der Waals surface area (Å²) in [4.78, 5) is 10.9. The molecule has 0 atom stereocenters. The van der Waals surface area contributed by atoms with Crippen molar-refractivity contribution in [2.75, 3.05) is 14.1 Å². The van der Waals surface area contributed by atoms with E-state index in [1.165, 1.54) is 0 Å². The highest BCUT2D eigenvalue weighted by Crippen LogP contribution is 2.33. The summed E-state index contributed by atoms with van der Waals surface area (Å²) in [6.45, 7) is 0. The Hall–Kier alpha value is -3.45. The van der Waals surface area contributed by atoms with Crippen molar-refractivity contribution in [2.45, 2.75) is 0 Å². The third kappa shape index (κ3) is 3.73. The lowest BCUT2D eigenvalue weighted by atomic mass is 9.98. The van der Waals surface area contributed by atoms with Gasteiger partial charge in [-0.3, -0.25) is 0 Å². The minimum absolute atomic E-state index is 0.427. The Morgan fingerprint density at radius 3 is 2.12 bits per heavy atom. The van der Waals surface area contributed by atoms with Gasteiger partial charge in [0, 0.05) is 25.2 Å². The number of aromatic nitrogens is 1. The topological polar surface area (TPSA) is 52.3 Å². The summed E-state index contributed by atoms with van der Waals surface area (Å²) in [6.07, 6.45) is 1.66. The number of benzene rings is 2. The predicted molar refractivity (Wildman–Crippen MR) is 102 cm³/mol. The number of aliphatic imine (C=N–C) groups is 1. The monoisotopic (exact) mass is 326 g/mol. The number of pyridine rings is 1. The van der Waals surface area contributed by atoms with Crippen LogP contribution in [0.3, 0.4) is 0 Å². The average molecular weight is 326 g/mol. The fraction of sp³-hybridized carbons (Fsp3) is 0.0952. The Morgan fingerprint density at radius 2 is 1.56 bits per heavy atom. The van der Waals surface area contributed by atoms with E-state index in [0.717, 1.165) is 22.4 Å². The van der Waals surface area contributed by atoms with Crippen LogP contribution in [0.1, 0.15) is 5.56 Å². The van der Waals surface area contributed by atoms with E-state index in [9.17, 15) is 5.26 Å². The third-order valence-electron chi connectivity index (χ3n) is 3.68. The molecule has 3 rings (SSSR count). The SMILES string of the molecule is CN(C)/C=N/c1nc(-c2ccccc2)cc(-c2ccccc2)c1C#N. The number of rotatable bonds is 4. The minimum Gasteiger partial charge on any atom is -0.369 e. The van der Waals surface area contributed by atoms with Crippen LogP contribution in [0.5, 0.6) is 0 Å². The first-order chi connectivity index (χ1) is 12.2. The van der Waals surface area contributed by atoms with Crippen LogP contribution in [0.2, 0.25) is 0 Å². The minimum atomic E-state index is 0.427. The molecule has 25 heavy (non-hydrogen) atoms. The number of hydrogen-bond donors (Lipinski definition) is 0. The van der Waals surface area contributed by atoms with E-state index in [1.54, 1.807) is 6.34 Å². The molecule has 1 heterocycles. The van der Waals surface area contributed by atoms with Crippen molar-refractivity contribution in [3.05, 3.63) is 72.3 Å². The van der Waals surface area contributed by atoms with Crippen molar-refractivity contribution in [3.63, 3.8) is 0 Å². The van der Waals surface area contributed by atoms with Gasteiger partial charge in [0.2, 0.25) is 0 Å². The highest BCUT2D eigenvalue weighted by molar-refractivity contribution is 5.81. The lowest BCUT2D eigenvalue weighted by Gasteiger charge is -2.11. The molecule has 0 aliphatic heterocycles. The van der Waals surface area contributed by atoms with Gasteiger partial charge in [0.05, 0.1) is 12.0 Å². The maximum Gasteiger partial charge on any atom is 0.172 e. The summed E-state index contributed by atoms with van der Waals surface area (Å²) >= 11 is 0. The van der Waals surface area contributed by atoms with Crippen molar-refractivity contribution in [3.8, 4) is 28.5 Å². The van der Waals surface area contributed by atoms with Gasteiger partial charge in [-0.05, 0) is 11.6 Å². The fourth-order valence-electron chi connectivity index (χ4n) is 2.51. The largest absolute Gasteiger partial charge is 0.369 e. The van der Waals surface area contributed by atoms with Crippen molar-refractivity contribution in [2.24, 2.45) is 4.99 Å². The molecule has 0 fully saturated rings. The first-order valence-corrected chi connectivity index (χ1v) is 7.95. The van der Waals surface area contributed by atoms with E-state index >= 15 is 0 Å². The van der Waals surface area contributed by atoms with Gasteiger partial charge in [-0.1, -0.05) is 60.7 Å². The van der Waals surface area contributed by atoms with Crippen LogP contribution in [0, 0.1) is 11.3 Å². The van der Waals surface area contributed by atoms with Crippen LogP contribution in [-0.4, -0.2) is 30.3 Å². The molecule has 0 saturated carbocycles. The summed E-state index contributed by atoms with van der Waals surface area (Å²) in [7, 11) is 3.77. The second kappa shape index (κ2) is 7.41. The van der Waals surface area contributed by atoms with Gasteiger partial charge in [-0.25, -0.2) is 9.98 Å². The second-order valence-electron chi connectivity index (χ2n) is 5.81. The lowest BCUT2D eigenvalue weighted by Crippen LogP contribution is -2.07. The molecular formula is C21H18N4. The van der Waals surface area contributed by atoms with E-state index in [0.29, 0.717) is 11.4 Å². The summed E-state index contributed by atoms with van der Waals surface area (Å²) in [6, 6.07) is 24.0. The summed E-state index contributed by atoms with van der Waals surface area (Å²) in [5, 5.41) is 9.71. The third-order valence-corrected chi connectivity index (χ3v) is 3.68. The number of nitrogens with zero attached hydrogens (tertiary/aromatic N) is 4. The first-order valence-electron chi connectivity index (χ1n) is 7.95. The van der Waals surface area contributed by atoms with Crippen LogP contribution in [0.4, 0.5) is 5.82 Å². The van der Waals surface area contributed by atoms with Gasteiger partial charge in [0.1, 0.15) is 11.6 Å². The zero-order valence-corrected chi connectivity index (χ0v) is 14.2. The fourth-order valence-corrected chi connectivity index (χ4v) is 2.51. The molecule has 4 nitrogen and oxygen atoms in total. The predicted octanol–water partition coefficient (Wildman–Crippen LogP) is 4.51. The Balaban J connectivity index is 2.26. The van der Waals surface area contributed by atoms with Crippen LogP contribution >= 0.6 is 0 Å². The molecule has 2 aromatic carbocycles. The molecule has 0 aliphatic carbocycles. The van der Waals surface area contributed by atoms with E-state index in [-0.39, 0.29) is 0 Å². The first kappa shape index (κ1) is 16.4. The normalized spacial score (nSPS) is 10.6. The number of hydrogen-bond acceptors (Lipinski definition) is 3. The van der Waals surface area contributed by atoms with Gasteiger partial charge in [-0.15, -0.1) is 0 Å². The summed E-state index contributed by atoms with van der Waals surface area (Å²) in [5.74, 6) is 0.427. The van der Waals surface area contributed by atoms with Crippen molar-refractivity contribution < 1.29 is 0 Å². The lowest BCUT2D eigenvalue weighted by molar-refractivity contribution is 0.643. The van der Waals surface area contributed by atoms with Crippen LogP contribution in [0.15, 0.2) is 71.7 Å². The highest BCUT2D eigenvalue weighted by atomic mass is 15.1. The Bertz CT molecular complexity index is 923. The van der Waals surface area contributed by atoms with E-state index < -0.39 is 0 Å². The van der Waals surface area contributed by atoms with E-state index in [2.05, 4.69) is 16.0 Å². The zero-order valence-electron chi connectivity index (χ0n) is 14.2. The van der Waals surface area contributed by atoms with Gasteiger partial charge >= 0.3 is 0 Å². The van der Waals surface area contributed by atoms with Crippen LogP contribution in [0.25, 0.3) is 22.4 Å². The molecule has 0 N–H and O–H groups in total. The maximum absolute atomic E-state index is 9.71. The number of nitriles is 1. The zero-order chi connectivity index (χ0) is 17.6. The standard InChI is InChI=1S/C21H18N4/c1-25(2)15-23-21-19(14-22)18(16-9-5-3-6-10-16)13-20(24-21)17-11-7-4-8-12-17/h3-13,15H,1-2H3/b23-15+. The van der Waals surface area contributed by atoms with E-state index in [1.807, 2.05) is 85.7 Å². The Labute approximate surface area is 147 Å². The summed E-state index contributed by atoms with van der Waals surface area (Å²) < 4.78 is 0. The quantitative estimate of drug-likeness (QED) is 0.523. The molecule has 0 saturated heterocycles. The smallest absolute Gasteiger partial charge is 0.172 e. The van der Waals surface area contributed by atoms with Crippen LogP contribution in [-0.2, 0) is 0 Å². The highest BCUT2D eigenvalue weighted by Gasteiger charge is 2.14. The second-order valence-corrected chi connectivity index (χ2v) is 5.81. The van der Waals surface area contributed by atoms with Gasteiger partial charge < -0.3 is 4.90 Å². The molecule has 0 aliphatic rings. The Morgan fingerprint density at radius 1 is 0.960 bits per heavy atom. The molecular weight excluding hydrogens is 308 g/mol. The van der Waals surface area contributed by atoms with Gasteiger partial charge in [0.15, 0.2) is 5.82 Å².